The molecule has 3 N–H and O–H groups in total. The van der Waals surface area contributed by atoms with Crippen molar-refractivity contribution in [1.82, 2.24) is 5.32 Å². The lowest BCUT2D eigenvalue weighted by atomic mass is 9.84. The van der Waals surface area contributed by atoms with Gasteiger partial charge < -0.3 is 15.8 Å². The van der Waals surface area contributed by atoms with Crippen molar-refractivity contribution in [2.24, 2.45) is 11.7 Å². The van der Waals surface area contributed by atoms with E-state index >= 15 is 0 Å². The van der Waals surface area contributed by atoms with Crippen LogP contribution in [0.1, 0.15) is 32.3 Å². The third-order valence-corrected chi connectivity index (χ3v) is 4.66. The van der Waals surface area contributed by atoms with Crippen LogP contribution in [0.3, 0.4) is 0 Å². The first-order valence-corrected chi connectivity index (χ1v) is 8.15. The fourth-order valence-corrected chi connectivity index (χ4v) is 2.84. The van der Waals surface area contributed by atoms with E-state index in [1.54, 1.807) is 0 Å². The SMILES string of the molecule is CC(C)(CNC(=O)C(N)C1CCOCC1)c1ccc(Cl)cc1. The van der Waals surface area contributed by atoms with Gasteiger partial charge in [0, 0.05) is 30.2 Å². The third kappa shape index (κ3) is 4.45. The van der Waals surface area contributed by atoms with E-state index < -0.39 is 6.04 Å². The first-order chi connectivity index (χ1) is 10.4. The fraction of sp³-hybridized carbons (Fsp3) is 0.588. The van der Waals surface area contributed by atoms with E-state index in [1.165, 1.54) is 0 Å². The monoisotopic (exact) mass is 324 g/mol. The van der Waals surface area contributed by atoms with Crippen molar-refractivity contribution in [3.63, 3.8) is 0 Å². The van der Waals surface area contributed by atoms with Crippen LogP contribution in [0.4, 0.5) is 0 Å². The van der Waals surface area contributed by atoms with Crippen molar-refractivity contribution >= 4 is 17.5 Å². The Morgan fingerprint density at radius 3 is 2.55 bits per heavy atom. The zero-order chi connectivity index (χ0) is 16.2. The van der Waals surface area contributed by atoms with E-state index in [0.29, 0.717) is 24.8 Å². The number of carbonyl (C=O) groups is 1. The van der Waals surface area contributed by atoms with E-state index in [1.807, 2.05) is 24.3 Å². The molecule has 22 heavy (non-hydrogen) atoms. The van der Waals surface area contributed by atoms with E-state index in [9.17, 15) is 4.79 Å². The molecule has 1 aromatic rings. The smallest absolute Gasteiger partial charge is 0.237 e. The molecule has 1 amide bonds. The van der Waals surface area contributed by atoms with Gasteiger partial charge in [0.1, 0.15) is 0 Å². The number of hydrogen-bond acceptors (Lipinski definition) is 3. The molecule has 0 bridgehead atoms. The fourth-order valence-electron chi connectivity index (χ4n) is 2.72. The van der Waals surface area contributed by atoms with Crippen molar-refractivity contribution in [3.8, 4) is 0 Å². The maximum absolute atomic E-state index is 12.3. The molecule has 1 aromatic carbocycles. The average molecular weight is 325 g/mol. The van der Waals surface area contributed by atoms with Crippen molar-refractivity contribution in [2.45, 2.75) is 38.1 Å². The molecule has 1 atom stereocenters. The molecular formula is C17H25ClN2O2. The predicted octanol–water partition coefficient (Wildman–Crippen LogP) is 2.49. The van der Waals surface area contributed by atoms with Gasteiger partial charge in [0.25, 0.3) is 0 Å². The van der Waals surface area contributed by atoms with Gasteiger partial charge in [-0.25, -0.2) is 0 Å². The zero-order valence-corrected chi connectivity index (χ0v) is 14.0. The van der Waals surface area contributed by atoms with E-state index in [-0.39, 0.29) is 17.2 Å². The lowest BCUT2D eigenvalue weighted by molar-refractivity contribution is -0.124. The summed E-state index contributed by atoms with van der Waals surface area (Å²) in [7, 11) is 0. The van der Waals surface area contributed by atoms with E-state index in [2.05, 4.69) is 19.2 Å². The largest absolute Gasteiger partial charge is 0.381 e. The molecule has 1 heterocycles. The summed E-state index contributed by atoms with van der Waals surface area (Å²) < 4.78 is 5.31. The summed E-state index contributed by atoms with van der Waals surface area (Å²) in [5.41, 5.74) is 7.06. The van der Waals surface area contributed by atoms with Crippen LogP contribution in [-0.2, 0) is 14.9 Å². The Balaban J connectivity index is 1.90. The van der Waals surface area contributed by atoms with Gasteiger partial charge in [0.2, 0.25) is 5.91 Å². The Labute approximate surface area is 137 Å². The quantitative estimate of drug-likeness (QED) is 0.874. The third-order valence-electron chi connectivity index (χ3n) is 4.41. The molecule has 2 rings (SSSR count). The van der Waals surface area contributed by atoms with Gasteiger partial charge in [-0.1, -0.05) is 37.6 Å². The van der Waals surface area contributed by atoms with Crippen molar-refractivity contribution in [3.05, 3.63) is 34.9 Å². The summed E-state index contributed by atoms with van der Waals surface area (Å²) in [6, 6.07) is 7.27. The minimum atomic E-state index is -0.454. The Bertz CT molecular complexity index is 496. The first-order valence-electron chi connectivity index (χ1n) is 7.77. The second-order valence-corrected chi connectivity index (χ2v) is 7.02. The van der Waals surface area contributed by atoms with Crippen LogP contribution in [0.2, 0.25) is 5.02 Å². The molecule has 1 unspecified atom stereocenters. The summed E-state index contributed by atoms with van der Waals surface area (Å²) in [5, 5.41) is 3.71. The van der Waals surface area contributed by atoms with Crippen LogP contribution in [0.5, 0.6) is 0 Å². The van der Waals surface area contributed by atoms with Crippen molar-refractivity contribution < 1.29 is 9.53 Å². The molecule has 0 radical (unpaired) electrons. The number of ether oxygens (including phenoxy) is 1. The summed E-state index contributed by atoms with van der Waals surface area (Å²) in [5.74, 6) is 0.140. The highest BCUT2D eigenvalue weighted by molar-refractivity contribution is 6.30. The Morgan fingerprint density at radius 1 is 1.36 bits per heavy atom. The minimum absolute atomic E-state index is 0.0751. The molecule has 4 nitrogen and oxygen atoms in total. The summed E-state index contributed by atoms with van der Waals surface area (Å²) >= 11 is 5.92. The van der Waals surface area contributed by atoms with Crippen molar-refractivity contribution in [1.29, 1.82) is 0 Å². The zero-order valence-electron chi connectivity index (χ0n) is 13.3. The maximum atomic E-state index is 12.3. The minimum Gasteiger partial charge on any atom is -0.381 e. The van der Waals surface area contributed by atoms with Crippen LogP contribution in [0.15, 0.2) is 24.3 Å². The second kappa shape index (κ2) is 7.44. The van der Waals surface area contributed by atoms with Gasteiger partial charge in [0.05, 0.1) is 6.04 Å². The number of halogens is 1. The van der Waals surface area contributed by atoms with E-state index in [0.717, 1.165) is 18.4 Å². The molecule has 1 saturated heterocycles. The normalized spacial score (nSPS) is 18.0. The average Bonchev–Trinajstić information content (AvgIpc) is 2.53. The van der Waals surface area contributed by atoms with Crippen molar-refractivity contribution in [2.75, 3.05) is 19.8 Å². The molecule has 5 heteroatoms. The predicted molar refractivity (Wildman–Crippen MR) is 89.0 cm³/mol. The summed E-state index contributed by atoms with van der Waals surface area (Å²) in [4.78, 5) is 12.3. The first kappa shape index (κ1) is 17.3. The number of rotatable bonds is 5. The van der Waals surface area contributed by atoms with Crippen LogP contribution in [0.25, 0.3) is 0 Å². The highest BCUT2D eigenvalue weighted by Crippen LogP contribution is 2.24. The molecule has 1 fully saturated rings. The molecule has 122 valence electrons. The number of nitrogens with two attached hydrogens (primary N) is 1. The number of carbonyl (C=O) groups excluding carboxylic acids is 1. The second-order valence-electron chi connectivity index (χ2n) is 6.58. The Hall–Kier alpha value is -1.10. The van der Waals surface area contributed by atoms with Crippen LogP contribution >= 0.6 is 11.6 Å². The Kier molecular flexibility index (Phi) is 5.84. The van der Waals surface area contributed by atoms with Crippen LogP contribution < -0.4 is 11.1 Å². The molecule has 0 spiro atoms. The summed E-state index contributed by atoms with van der Waals surface area (Å²) in [6.45, 7) is 6.13. The van der Waals surface area contributed by atoms with Gasteiger partial charge >= 0.3 is 0 Å². The number of benzene rings is 1. The highest BCUT2D eigenvalue weighted by atomic mass is 35.5. The van der Waals surface area contributed by atoms with Gasteiger partial charge in [-0.3, -0.25) is 4.79 Å². The molecule has 1 aliphatic heterocycles. The number of amides is 1. The molecular weight excluding hydrogens is 300 g/mol. The van der Waals surface area contributed by atoms with Gasteiger partial charge in [-0.15, -0.1) is 0 Å². The molecule has 0 aromatic heterocycles. The lowest BCUT2D eigenvalue weighted by Gasteiger charge is -2.29. The van der Waals surface area contributed by atoms with Gasteiger partial charge in [-0.2, -0.15) is 0 Å². The molecule has 0 saturated carbocycles. The standard InChI is InChI=1S/C17H25ClN2O2/c1-17(2,13-3-5-14(18)6-4-13)11-20-16(21)15(19)12-7-9-22-10-8-12/h3-6,12,15H,7-11,19H2,1-2H3,(H,20,21). The topological polar surface area (TPSA) is 64.4 Å². The maximum Gasteiger partial charge on any atom is 0.237 e. The molecule has 0 aliphatic carbocycles. The molecule has 1 aliphatic rings. The van der Waals surface area contributed by atoms with Crippen LogP contribution in [-0.4, -0.2) is 31.7 Å². The number of nitrogens with one attached hydrogen (secondary N) is 1. The number of hydrogen-bond donors (Lipinski definition) is 2. The highest BCUT2D eigenvalue weighted by Gasteiger charge is 2.28. The summed E-state index contributed by atoms with van der Waals surface area (Å²) in [6.07, 6.45) is 1.71. The van der Waals surface area contributed by atoms with Crippen LogP contribution in [0, 0.1) is 5.92 Å². The van der Waals surface area contributed by atoms with Gasteiger partial charge in [0.15, 0.2) is 0 Å². The lowest BCUT2D eigenvalue weighted by Crippen LogP contribution is -2.49. The Morgan fingerprint density at radius 2 is 1.95 bits per heavy atom. The van der Waals surface area contributed by atoms with Gasteiger partial charge in [-0.05, 0) is 36.5 Å². The van der Waals surface area contributed by atoms with E-state index in [4.69, 9.17) is 22.1 Å².